The third kappa shape index (κ3) is 1.82. The molecule has 6 heteroatoms. The standard InChI is InChI=1S/C8H6ClNO4/c1-3-2-4(7(11)12)10-6(9)5(3)8(13)14/h2H,1H3,(H,11,12)(H,13,14). The van der Waals surface area contributed by atoms with Gasteiger partial charge in [0.05, 0.1) is 5.56 Å². The molecule has 0 aromatic carbocycles. The number of carbonyl (C=O) groups is 2. The summed E-state index contributed by atoms with van der Waals surface area (Å²) in [5, 5.41) is 17.0. The zero-order valence-electron chi connectivity index (χ0n) is 7.11. The van der Waals surface area contributed by atoms with E-state index in [9.17, 15) is 9.59 Å². The summed E-state index contributed by atoms with van der Waals surface area (Å²) in [6.07, 6.45) is 0. The maximum atomic E-state index is 10.7. The quantitative estimate of drug-likeness (QED) is 0.729. The van der Waals surface area contributed by atoms with Crippen LogP contribution in [0.3, 0.4) is 0 Å². The van der Waals surface area contributed by atoms with Crippen molar-refractivity contribution in [2.45, 2.75) is 6.92 Å². The first-order valence-electron chi connectivity index (χ1n) is 3.57. The molecule has 1 rings (SSSR count). The van der Waals surface area contributed by atoms with E-state index in [0.29, 0.717) is 0 Å². The topological polar surface area (TPSA) is 87.5 Å². The minimum atomic E-state index is -1.24. The molecule has 0 amide bonds. The van der Waals surface area contributed by atoms with E-state index in [1.165, 1.54) is 6.92 Å². The monoisotopic (exact) mass is 215 g/mol. The third-order valence-electron chi connectivity index (χ3n) is 1.61. The molecular formula is C8H6ClNO4. The zero-order chi connectivity index (χ0) is 10.9. The van der Waals surface area contributed by atoms with Crippen molar-refractivity contribution in [3.63, 3.8) is 0 Å². The highest BCUT2D eigenvalue weighted by Crippen LogP contribution is 2.18. The lowest BCUT2D eigenvalue weighted by Crippen LogP contribution is -2.07. The first-order chi connectivity index (χ1) is 6.43. The van der Waals surface area contributed by atoms with Gasteiger partial charge >= 0.3 is 11.9 Å². The number of hydrogen-bond donors (Lipinski definition) is 2. The van der Waals surface area contributed by atoms with Crippen LogP contribution in [-0.4, -0.2) is 27.1 Å². The van der Waals surface area contributed by atoms with Crippen LogP contribution in [0.4, 0.5) is 0 Å². The van der Waals surface area contributed by atoms with Crippen LogP contribution in [0, 0.1) is 6.92 Å². The number of aromatic nitrogens is 1. The summed E-state index contributed by atoms with van der Waals surface area (Å²) in [7, 11) is 0. The van der Waals surface area contributed by atoms with E-state index in [1.807, 2.05) is 0 Å². The van der Waals surface area contributed by atoms with Crippen molar-refractivity contribution in [3.05, 3.63) is 28.0 Å². The Morgan fingerprint density at radius 1 is 1.36 bits per heavy atom. The van der Waals surface area contributed by atoms with Crippen molar-refractivity contribution in [2.75, 3.05) is 0 Å². The molecule has 0 aliphatic rings. The number of carboxylic acid groups (broad SMARTS) is 2. The Morgan fingerprint density at radius 3 is 2.29 bits per heavy atom. The smallest absolute Gasteiger partial charge is 0.354 e. The molecule has 0 unspecified atom stereocenters. The summed E-state index contributed by atoms with van der Waals surface area (Å²) >= 11 is 5.52. The molecular weight excluding hydrogens is 210 g/mol. The number of nitrogens with zero attached hydrogens (tertiary/aromatic N) is 1. The second-order valence-corrected chi connectivity index (χ2v) is 2.96. The van der Waals surface area contributed by atoms with Crippen LogP contribution in [0.5, 0.6) is 0 Å². The van der Waals surface area contributed by atoms with E-state index in [0.717, 1.165) is 6.07 Å². The van der Waals surface area contributed by atoms with Crippen molar-refractivity contribution in [1.29, 1.82) is 0 Å². The molecule has 0 aliphatic heterocycles. The third-order valence-corrected chi connectivity index (χ3v) is 1.88. The number of pyridine rings is 1. The summed E-state index contributed by atoms with van der Waals surface area (Å²) in [4.78, 5) is 24.6. The maximum Gasteiger partial charge on any atom is 0.354 e. The van der Waals surface area contributed by atoms with E-state index in [4.69, 9.17) is 21.8 Å². The van der Waals surface area contributed by atoms with Gasteiger partial charge < -0.3 is 10.2 Å². The molecule has 74 valence electrons. The van der Waals surface area contributed by atoms with E-state index in [2.05, 4.69) is 4.98 Å². The summed E-state index contributed by atoms with van der Waals surface area (Å²) < 4.78 is 0. The summed E-state index contributed by atoms with van der Waals surface area (Å²) in [6.45, 7) is 1.46. The largest absolute Gasteiger partial charge is 0.478 e. The normalized spacial score (nSPS) is 9.86. The van der Waals surface area contributed by atoms with Gasteiger partial charge in [-0.2, -0.15) is 0 Å². The molecule has 1 aromatic rings. The molecule has 1 aromatic heterocycles. The lowest BCUT2D eigenvalue weighted by molar-refractivity contribution is 0.0675. The molecule has 5 nitrogen and oxygen atoms in total. The number of carboxylic acids is 2. The van der Waals surface area contributed by atoms with Crippen molar-refractivity contribution in [3.8, 4) is 0 Å². The Labute approximate surface area is 84.0 Å². The van der Waals surface area contributed by atoms with Crippen LogP contribution in [0.2, 0.25) is 5.15 Å². The van der Waals surface area contributed by atoms with Gasteiger partial charge in [-0.3, -0.25) is 0 Å². The van der Waals surface area contributed by atoms with Gasteiger partial charge in [0, 0.05) is 0 Å². The molecule has 0 saturated heterocycles. The highest BCUT2D eigenvalue weighted by atomic mass is 35.5. The van der Waals surface area contributed by atoms with E-state index in [-0.39, 0.29) is 22.0 Å². The molecule has 0 aliphatic carbocycles. The van der Waals surface area contributed by atoms with Crippen LogP contribution in [0.1, 0.15) is 26.4 Å². The van der Waals surface area contributed by atoms with E-state index < -0.39 is 11.9 Å². The predicted octanol–water partition coefficient (Wildman–Crippen LogP) is 1.44. The minimum Gasteiger partial charge on any atom is -0.478 e. The lowest BCUT2D eigenvalue weighted by atomic mass is 10.1. The number of rotatable bonds is 2. The SMILES string of the molecule is Cc1cc(C(=O)O)nc(Cl)c1C(=O)O. The molecule has 2 N–H and O–H groups in total. The summed E-state index contributed by atoms with van der Waals surface area (Å²) in [5.41, 5.74) is -0.163. The second kappa shape index (κ2) is 3.63. The van der Waals surface area contributed by atoms with Crippen LogP contribution >= 0.6 is 11.6 Å². The maximum absolute atomic E-state index is 10.7. The molecule has 1 heterocycles. The minimum absolute atomic E-state index is 0.170. The van der Waals surface area contributed by atoms with E-state index >= 15 is 0 Å². The number of aromatic carboxylic acids is 2. The van der Waals surface area contributed by atoms with Gasteiger partial charge in [-0.15, -0.1) is 0 Å². The zero-order valence-corrected chi connectivity index (χ0v) is 7.87. The number of halogens is 1. The van der Waals surface area contributed by atoms with Crippen molar-refractivity contribution in [1.82, 2.24) is 4.98 Å². The highest BCUT2D eigenvalue weighted by molar-refractivity contribution is 6.32. The molecule has 0 spiro atoms. The van der Waals surface area contributed by atoms with Gasteiger partial charge in [-0.05, 0) is 18.6 Å². The Kier molecular flexibility index (Phi) is 2.71. The predicted molar refractivity (Wildman–Crippen MR) is 47.9 cm³/mol. The molecule has 0 fully saturated rings. The molecule has 0 radical (unpaired) electrons. The average molecular weight is 216 g/mol. The average Bonchev–Trinajstić information content (AvgIpc) is 2.01. The van der Waals surface area contributed by atoms with Gasteiger partial charge in [-0.25, -0.2) is 14.6 Å². The van der Waals surface area contributed by atoms with Gasteiger partial charge in [0.1, 0.15) is 10.8 Å². The highest BCUT2D eigenvalue weighted by Gasteiger charge is 2.17. The fourth-order valence-corrected chi connectivity index (χ4v) is 1.32. The lowest BCUT2D eigenvalue weighted by Gasteiger charge is -2.03. The van der Waals surface area contributed by atoms with Crippen molar-refractivity contribution in [2.24, 2.45) is 0 Å². The first kappa shape index (κ1) is 10.5. The summed E-state index contributed by atoms with van der Waals surface area (Å²) in [6, 6.07) is 1.16. The number of aryl methyl sites for hydroxylation is 1. The van der Waals surface area contributed by atoms with Gasteiger partial charge in [0.25, 0.3) is 0 Å². The van der Waals surface area contributed by atoms with Gasteiger partial charge in [-0.1, -0.05) is 11.6 Å². The van der Waals surface area contributed by atoms with Crippen LogP contribution in [-0.2, 0) is 0 Å². The molecule has 0 atom stereocenters. The Hall–Kier alpha value is -1.62. The Morgan fingerprint density at radius 2 is 1.93 bits per heavy atom. The van der Waals surface area contributed by atoms with Crippen molar-refractivity contribution < 1.29 is 19.8 Å². The molecule has 14 heavy (non-hydrogen) atoms. The van der Waals surface area contributed by atoms with E-state index in [1.54, 1.807) is 0 Å². The molecule has 0 bridgehead atoms. The van der Waals surface area contributed by atoms with Crippen LogP contribution in [0.15, 0.2) is 6.07 Å². The molecule has 0 saturated carbocycles. The Balaban J connectivity index is 3.39. The fourth-order valence-electron chi connectivity index (χ4n) is 1.00. The van der Waals surface area contributed by atoms with Crippen molar-refractivity contribution >= 4 is 23.5 Å². The van der Waals surface area contributed by atoms with Crippen LogP contribution in [0.25, 0.3) is 0 Å². The summed E-state index contributed by atoms with van der Waals surface area (Å²) in [5.74, 6) is -2.47. The van der Waals surface area contributed by atoms with Gasteiger partial charge in [0.2, 0.25) is 0 Å². The van der Waals surface area contributed by atoms with Crippen LogP contribution < -0.4 is 0 Å². The Bertz CT molecular complexity index is 393. The second-order valence-electron chi connectivity index (χ2n) is 2.60. The first-order valence-corrected chi connectivity index (χ1v) is 3.95. The fraction of sp³-hybridized carbons (Fsp3) is 0.125. The van der Waals surface area contributed by atoms with Gasteiger partial charge in [0.15, 0.2) is 0 Å². The number of hydrogen-bond acceptors (Lipinski definition) is 3.